The van der Waals surface area contributed by atoms with Crippen molar-refractivity contribution in [1.82, 2.24) is 10.6 Å². The van der Waals surface area contributed by atoms with Crippen LogP contribution in [-0.2, 0) is 0 Å². The largest absolute Gasteiger partial charge is 0.493 e. The summed E-state index contributed by atoms with van der Waals surface area (Å²) < 4.78 is 15.9. The number of carbonyl (C=O) groups excluding carboxylic acids is 1. The molecular formula is C17H25ClN2O4. The second-order valence-electron chi connectivity index (χ2n) is 6.19. The average Bonchev–Trinajstić information content (AvgIpc) is 2.91. The lowest BCUT2D eigenvalue weighted by molar-refractivity contribution is 0.0923. The highest BCUT2D eigenvalue weighted by molar-refractivity contribution is 5.95. The highest BCUT2D eigenvalue weighted by Gasteiger charge is 2.34. The Bertz CT molecular complexity index is 559. The Morgan fingerprint density at radius 3 is 2.04 bits per heavy atom. The number of ether oxygens (including phenoxy) is 3. The summed E-state index contributed by atoms with van der Waals surface area (Å²) in [6.45, 7) is 0. The molecule has 2 N–H and O–H groups in total. The molecule has 2 bridgehead atoms. The maximum absolute atomic E-state index is 12.6. The van der Waals surface area contributed by atoms with Crippen LogP contribution in [0.15, 0.2) is 12.1 Å². The smallest absolute Gasteiger partial charge is 0.251 e. The fourth-order valence-electron chi connectivity index (χ4n) is 3.66. The second-order valence-corrected chi connectivity index (χ2v) is 6.19. The number of amides is 1. The zero-order chi connectivity index (χ0) is 16.4. The standard InChI is InChI=1S/C17H24N2O4.ClH/c1-21-14-6-10(7-15(22-2)16(14)23-3)17(20)19-13-8-11-4-5-12(9-13)18-11;/h6-7,11-13,18H,4-5,8-9H2,1-3H3,(H,19,20);1H. The van der Waals surface area contributed by atoms with E-state index in [1.54, 1.807) is 33.5 Å². The molecule has 0 aromatic heterocycles. The minimum absolute atomic E-state index is 0. The molecule has 2 atom stereocenters. The number of benzene rings is 1. The number of nitrogens with one attached hydrogen (secondary N) is 2. The van der Waals surface area contributed by atoms with Crippen molar-refractivity contribution < 1.29 is 19.0 Å². The van der Waals surface area contributed by atoms with Gasteiger partial charge in [-0.3, -0.25) is 4.79 Å². The van der Waals surface area contributed by atoms with Gasteiger partial charge in [-0.1, -0.05) is 0 Å². The predicted octanol–water partition coefficient (Wildman–Crippen LogP) is 2.15. The number of rotatable bonds is 5. The molecule has 2 aliphatic heterocycles. The Balaban J connectivity index is 0.00000208. The quantitative estimate of drug-likeness (QED) is 0.846. The molecule has 6 nitrogen and oxygen atoms in total. The first-order chi connectivity index (χ1) is 11.1. The van der Waals surface area contributed by atoms with Gasteiger partial charge in [-0.15, -0.1) is 12.4 Å². The van der Waals surface area contributed by atoms with Gasteiger partial charge in [-0.05, 0) is 37.8 Å². The molecule has 1 aromatic rings. The van der Waals surface area contributed by atoms with Crippen molar-refractivity contribution in [3.8, 4) is 17.2 Å². The Kier molecular flexibility index (Phi) is 6.18. The first-order valence-electron chi connectivity index (χ1n) is 8.01. The third-order valence-electron chi connectivity index (χ3n) is 4.74. The van der Waals surface area contributed by atoms with Gasteiger partial charge in [0.1, 0.15) is 0 Å². The van der Waals surface area contributed by atoms with Gasteiger partial charge in [0.2, 0.25) is 5.75 Å². The molecule has 0 aliphatic carbocycles. The van der Waals surface area contributed by atoms with E-state index in [-0.39, 0.29) is 24.4 Å². The van der Waals surface area contributed by atoms with E-state index >= 15 is 0 Å². The minimum Gasteiger partial charge on any atom is -0.493 e. The lowest BCUT2D eigenvalue weighted by Gasteiger charge is -2.29. The normalized spacial score (nSPS) is 24.7. The molecular weight excluding hydrogens is 332 g/mol. The Morgan fingerprint density at radius 2 is 1.58 bits per heavy atom. The summed E-state index contributed by atoms with van der Waals surface area (Å²) in [7, 11) is 4.64. The van der Waals surface area contributed by atoms with Crippen LogP contribution in [0.25, 0.3) is 0 Å². The monoisotopic (exact) mass is 356 g/mol. The predicted molar refractivity (Wildman–Crippen MR) is 93.8 cm³/mol. The van der Waals surface area contributed by atoms with Crippen molar-refractivity contribution in [2.24, 2.45) is 0 Å². The van der Waals surface area contributed by atoms with Crippen LogP contribution in [-0.4, -0.2) is 45.4 Å². The summed E-state index contributed by atoms with van der Waals surface area (Å²) in [6, 6.07) is 4.68. The number of fused-ring (bicyclic) bond motifs is 2. The SMILES string of the molecule is COc1cc(C(=O)NC2CC3CCC(C2)N3)cc(OC)c1OC.Cl. The fourth-order valence-corrected chi connectivity index (χ4v) is 3.66. The summed E-state index contributed by atoms with van der Waals surface area (Å²) in [4.78, 5) is 12.6. The van der Waals surface area contributed by atoms with Crippen molar-refractivity contribution in [3.05, 3.63) is 17.7 Å². The summed E-state index contributed by atoms with van der Waals surface area (Å²) in [5, 5.41) is 6.72. The third-order valence-corrected chi connectivity index (χ3v) is 4.74. The van der Waals surface area contributed by atoms with E-state index in [4.69, 9.17) is 14.2 Å². The van der Waals surface area contributed by atoms with Crippen LogP contribution in [0.4, 0.5) is 0 Å². The average molecular weight is 357 g/mol. The number of halogens is 1. The van der Waals surface area contributed by atoms with Crippen molar-refractivity contribution >= 4 is 18.3 Å². The molecule has 24 heavy (non-hydrogen) atoms. The van der Waals surface area contributed by atoms with E-state index in [0.29, 0.717) is 34.9 Å². The maximum Gasteiger partial charge on any atom is 0.251 e. The van der Waals surface area contributed by atoms with E-state index in [0.717, 1.165) is 12.8 Å². The van der Waals surface area contributed by atoms with Crippen LogP contribution in [0.5, 0.6) is 17.2 Å². The zero-order valence-corrected chi connectivity index (χ0v) is 15.1. The molecule has 1 amide bonds. The molecule has 1 aromatic carbocycles. The van der Waals surface area contributed by atoms with E-state index < -0.39 is 0 Å². The van der Waals surface area contributed by atoms with Gasteiger partial charge in [-0.25, -0.2) is 0 Å². The summed E-state index contributed by atoms with van der Waals surface area (Å²) in [5.41, 5.74) is 0.519. The van der Waals surface area contributed by atoms with Gasteiger partial charge >= 0.3 is 0 Å². The number of carbonyl (C=O) groups is 1. The fraction of sp³-hybridized carbons (Fsp3) is 0.588. The highest BCUT2D eigenvalue weighted by Crippen LogP contribution is 2.38. The first kappa shape index (κ1) is 18.7. The third kappa shape index (κ3) is 3.70. The Morgan fingerprint density at radius 1 is 1.04 bits per heavy atom. The van der Waals surface area contributed by atoms with Crippen molar-refractivity contribution in [2.45, 2.75) is 43.8 Å². The number of hydrogen-bond acceptors (Lipinski definition) is 5. The minimum atomic E-state index is -0.101. The van der Waals surface area contributed by atoms with Crippen LogP contribution < -0.4 is 24.8 Å². The van der Waals surface area contributed by atoms with Crippen LogP contribution in [0.3, 0.4) is 0 Å². The lowest BCUT2D eigenvalue weighted by atomic mass is 9.99. The van der Waals surface area contributed by atoms with Crippen LogP contribution in [0.2, 0.25) is 0 Å². The van der Waals surface area contributed by atoms with E-state index in [1.807, 2.05) is 0 Å². The second kappa shape index (κ2) is 7.94. The van der Waals surface area contributed by atoms with Gasteiger partial charge in [0.05, 0.1) is 21.3 Å². The van der Waals surface area contributed by atoms with Gasteiger partial charge in [0.15, 0.2) is 11.5 Å². The molecule has 2 unspecified atom stereocenters. The summed E-state index contributed by atoms with van der Waals surface area (Å²) in [5.74, 6) is 1.37. The summed E-state index contributed by atoms with van der Waals surface area (Å²) >= 11 is 0. The van der Waals surface area contributed by atoms with Gasteiger partial charge in [0, 0.05) is 23.7 Å². The number of hydrogen-bond donors (Lipinski definition) is 2. The topological polar surface area (TPSA) is 68.8 Å². The Labute approximate surface area is 148 Å². The molecule has 0 saturated carbocycles. The van der Waals surface area contributed by atoms with Gasteiger partial charge in [0.25, 0.3) is 5.91 Å². The first-order valence-corrected chi connectivity index (χ1v) is 8.01. The van der Waals surface area contributed by atoms with Crippen molar-refractivity contribution in [3.63, 3.8) is 0 Å². The molecule has 3 rings (SSSR count). The molecule has 134 valence electrons. The van der Waals surface area contributed by atoms with Gasteiger partial charge < -0.3 is 24.8 Å². The van der Waals surface area contributed by atoms with Crippen molar-refractivity contribution in [2.75, 3.05) is 21.3 Å². The van der Waals surface area contributed by atoms with Gasteiger partial charge in [-0.2, -0.15) is 0 Å². The molecule has 2 heterocycles. The Hall–Kier alpha value is -1.66. The molecule has 0 spiro atoms. The lowest BCUT2D eigenvalue weighted by Crippen LogP contribution is -2.48. The highest BCUT2D eigenvalue weighted by atomic mass is 35.5. The maximum atomic E-state index is 12.6. The van der Waals surface area contributed by atoms with E-state index in [1.165, 1.54) is 12.8 Å². The van der Waals surface area contributed by atoms with Crippen molar-refractivity contribution in [1.29, 1.82) is 0 Å². The number of methoxy groups -OCH3 is 3. The summed E-state index contributed by atoms with van der Waals surface area (Å²) in [6.07, 6.45) is 4.40. The number of piperidine rings is 1. The van der Waals surface area contributed by atoms with Crippen LogP contribution in [0.1, 0.15) is 36.0 Å². The molecule has 2 aliphatic rings. The molecule has 2 saturated heterocycles. The zero-order valence-electron chi connectivity index (χ0n) is 14.3. The molecule has 7 heteroatoms. The van der Waals surface area contributed by atoms with E-state index in [9.17, 15) is 4.79 Å². The van der Waals surface area contributed by atoms with Crippen LogP contribution in [0, 0.1) is 0 Å². The van der Waals surface area contributed by atoms with Crippen LogP contribution >= 0.6 is 12.4 Å². The van der Waals surface area contributed by atoms with E-state index in [2.05, 4.69) is 10.6 Å². The molecule has 2 fully saturated rings. The molecule has 0 radical (unpaired) electrons.